The lowest BCUT2D eigenvalue weighted by Crippen LogP contribution is -2.37. The average molecular weight is 342 g/mol. The smallest absolute Gasteiger partial charge is 0.238 e. The fourth-order valence-corrected chi connectivity index (χ4v) is 3.78. The molecular weight excluding hydrogens is 322 g/mol. The van der Waals surface area contributed by atoms with E-state index in [2.05, 4.69) is 39.5 Å². The molecule has 0 bridgehead atoms. The monoisotopic (exact) mass is 341 g/mol. The SMILES string of the molecule is O=C(CN(C1CC1)[C@H]1CCc2ccccc21)Nc1cccnc1Cl. The number of anilines is 1. The average Bonchev–Trinajstić information content (AvgIpc) is 3.34. The molecule has 0 aliphatic heterocycles. The molecule has 124 valence electrons. The van der Waals surface area contributed by atoms with Crippen molar-refractivity contribution in [3.8, 4) is 0 Å². The van der Waals surface area contributed by atoms with E-state index in [1.807, 2.05) is 0 Å². The summed E-state index contributed by atoms with van der Waals surface area (Å²) in [6.07, 6.45) is 6.17. The Morgan fingerprint density at radius 2 is 2.04 bits per heavy atom. The van der Waals surface area contributed by atoms with E-state index >= 15 is 0 Å². The highest BCUT2D eigenvalue weighted by atomic mass is 35.5. The van der Waals surface area contributed by atoms with Crippen molar-refractivity contribution in [3.63, 3.8) is 0 Å². The van der Waals surface area contributed by atoms with Gasteiger partial charge in [-0.3, -0.25) is 9.69 Å². The second-order valence-electron chi connectivity index (χ2n) is 6.55. The minimum atomic E-state index is -0.0267. The Bertz CT molecular complexity index is 760. The maximum absolute atomic E-state index is 12.5. The number of hydrogen-bond donors (Lipinski definition) is 1. The molecule has 2 aliphatic carbocycles. The van der Waals surface area contributed by atoms with Crippen molar-refractivity contribution in [1.29, 1.82) is 0 Å². The molecule has 2 aromatic rings. The lowest BCUT2D eigenvalue weighted by Gasteiger charge is -2.29. The molecule has 1 saturated carbocycles. The molecule has 0 radical (unpaired) electrons. The van der Waals surface area contributed by atoms with Crippen LogP contribution in [0.1, 0.15) is 36.4 Å². The van der Waals surface area contributed by atoms with E-state index in [-0.39, 0.29) is 5.91 Å². The minimum absolute atomic E-state index is 0.0267. The number of hydrogen-bond acceptors (Lipinski definition) is 3. The first-order chi connectivity index (χ1) is 11.7. The van der Waals surface area contributed by atoms with Crippen molar-refractivity contribution in [3.05, 3.63) is 58.9 Å². The van der Waals surface area contributed by atoms with Crippen LogP contribution in [0.2, 0.25) is 5.15 Å². The summed E-state index contributed by atoms with van der Waals surface area (Å²) in [4.78, 5) is 18.9. The van der Waals surface area contributed by atoms with Crippen LogP contribution in [0, 0.1) is 0 Å². The van der Waals surface area contributed by atoms with Crippen LogP contribution in [0.3, 0.4) is 0 Å². The highest BCUT2D eigenvalue weighted by molar-refractivity contribution is 6.32. The topological polar surface area (TPSA) is 45.2 Å². The van der Waals surface area contributed by atoms with Gasteiger partial charge < -0.3 is 5.32 Å². The second kappa shape index (κ2) is 6.54. The van der Waals surface area contributed by atoms with Crippen LogP contribution >= 0.6 is 11.6 Å². The van der Waals surface area contributed by atoms with Crippen LogP contribution in [0.15, 0.2) is 42.6 Å². The Morgan fingerprint density at radius 1 is 1.21 bits per heavy atom. The summed E-state index contributed by atoms with van der Waals surface area (Å²) in [6.45, 7) is 0.398. The number of pyridine rings is 1. The molecule has 1 atom stereocenters. The Kier molecular flexibility index (Phi) is 4.25. The molecule has 1 N–H and O–H groups in total. The zero-order valence-electron chi connectivity index (χ0n) is 13.4. The first-order valence-corrected chi connectivity index (χ1v) is 8.84. The molecule has 1 fully saturated rings. The summed E-state index contributed by atoms with van der Waals surface area (Å²) in [6, 6.07) is 13.0. The summed E-state index contributed by atoms with van der Waals surface area (Å²) >= 11 is 6.03. The predicted molar refractivity (Wildman–Crippen MR) is 95.1 cm³/mol. The molecule has 5 heteroatoms. The van der Waals surface area contributed by atoms with E-state index in [4.69, 9.17) is 11.6 Å². The molecule has 0 saturated heterocycles. The number of halogens is 1. The van der Waals surface area contributed by atoms with E-state index in [0.717, 1.165) is 12.8 Å². The number of nitrogens with one attached hydrogen (secondary N) is 1. The zero-order valence-corrected chi connectivity index (χ0v) is 14.2. The van der Waals surface area contributed by atoms with Gasteiger partial charge in [0.25, 0.3) is 0 Å². The predicted octanol–water partition coefficient (Wildman–Crippen LogP) is 3.83. The van der Waals surface area contributed by atoms with Gasteiger partial charge in [-0.1, -0.05) is 35.9 Å². The van der Waals surface area contributed by atoms with Gasteiger partial charge in [-0.05, 0) is 48.9 Å². The largest absolute Gasteiger partial charge is 0.322 e. The standard InChI is InChI=1S/C19H20ClN3O/c20-19-16(6-3-11-21-19)22-18(24)12-23(14-8-9-14)17-10-7-13-4-1-2-5-15(13)17/h1-6,11,14,17H,7-10,12H2,(H,22,24)/t17-/m0/s1. The highest BCUT2D eigenvalue weighted by Crippen LogP contribution is 2.41. The van der Waals surface area contributed by atoms with E-state index in [1.165, 1.54) is 24.0 Å². The fourth-order valence-electron chi connectivity index (χ4n) is 3.61. The van der Waals surface area contributed by atoms with Crippen LogP contribution in [-0.4, -0.2) is 28.4 Å². The van der Waals surface area contributed by atoms with Gasteiger partial charge in [0, 0.05) is 18.3 Å². The summed E-state index contributed by atoms with van der Waals surface area (Å²) in [5, 5.41) is 3.22. The molecule has 0 spiro atoms. The molecular formula is C19H20ClN3O. The Morgan fingerprint density at radius 3 is 2.83 bits per heavy atom. The maximum Gasteiger partial charge on any atom is 0.238 e. The number of aryl methyl sites for hydroxylation is 1. The van der Waals surface area contributed by atoms with E-state index in [1.54, 1.807) is 18.3 Å². The molecule has 1 aromatic carbocycles. The van der Waals surface area contributed by atoms with E-state index in [9.17, 15) is 4.79 Å². The van der Waals surface area contributed by atoms with Gasteiger partial charge in [-0.15, -0.1) is 0 Å². The van der Waals surface area contributed by atoms with Gasteiger partial charge in [0.15, 0.2) is 5.15 Å². The van der Waals surface area contributed by atoms with Crippen LogP contribution in [0.5, 0.6) is 0 Å². The number of aromatic nitrogens is 1. The first kappa shape index (κ1) is 15.6. The number of carbonyl (C=O) groups is 1. The van der Waals surface area contributed by atoms with Gasteiger partial charge in [0.2, 0.25) is 5.91 Å². The molecule has 2 aliphatic rings. The quantitative estimate of drug-likeness (QED) is 0.841. The van der Waals surface area contributed by atoms with Crippen LogP contribution in [-0.2, 0) is 11.2 Å². The van der Waals surface area contributed by atoms with Crippen molar-refractivity contribution in [2.24, 2.45) is 0 Å². The van der Waals surface area contributed by atoms with E-state index in [0.29, 0.717) is 29.5 Å². The maximum atomic E-state index is 12.5. The lowest BCUT2D eigenvalue weighted by molar-refractivity contribution is -0.118. The third kappa shape index (κ3) is 3.17. The minimum Gasteiger partial charge on any atom is -0.322 e. The van der Waals surface area contributed by atoms with Crippen molar-refractivity contribution in [1.82, 2.24) is 9.88 Å². The summed E-state index contributed by atoms with van der Waals surface area (Å²) in [7, 11) is 0. The third-order valence-corrected chi connectivity index (χ3v) is 5.18. The molecule has 1 aromatic heterocycles. The van der Waals surface area contributed by atoms with Gasteiger partial charge in [-0.25, -0.2) is 4.98 Å². The number of benzene rings is 1. The van der Waals surface area contributed by atoms with Gasteiger partial charge in [0.05, 0.1) is 12.2 Å². The number of nitrogens with zero attached hydrogens (tertiary/aromatic N) is 2. The molecule has 24 heavy (non-hydrogen) atoms. The van der Waals surface area contributed by atoms with Crippen LogP contribution in [0.4, 0.5) is 5.69 Å². The Labute approximate surface area is 146 Å². The number of amides is 1. The summed E-state index contributed by atoms with van der Waals surface area (Å²) in [5.74, 6) is -0.0267. The number of rotatable bonds is 5. The van der Waals surface area contributed by atoms with Crippen molar-refractivity contribution < 1.29 is 4.79 Å². The number of carbonyl (C=O) groups excluding carboxylic acids is 1. The summed E-state index contributed by atoms with van der Waals surface area (Å²) in [5.41, 5.74) is 3.38. The van der Waals surface area contributed by atoms with Crippen molar-refractivity contribution >= 4 is 23.2 Å². The van der Waals surface area contributed by atoms with Gasteiger partial charge >= 0.3 is 0 Å². The Balaban J connectivity index is 1.49. The highest BCUT2D eigenvalue weighted by Gasteiger charge is 2.38. The Hall–Kier alpha value is -1.91. The lowest BCUT2D eigenvalue weighted by atomic mass is 10.1. The molecule has 0 unspecified atom stereocenters. The first-order valence-electron chi connectivity index (χ1n) is 8.46. The molecule has 4 nitrogen and oxygen atoms in total. The summed E-state index contributed by atoms with van der Waals surface area (Å²) < 4.78 is 0. The number of fused-ring (bicyclic) bond motifs is 1. The van der Waals surface area contributed by atoms with Crippen LogP contribution < -0.4 is 5.32 Å². The zero-order chi connectivity index (χ0) is 16.5. The fraction of sp³-hybridized carbons (Fsp3) is 0.368. The van der Waals surface area contributed by atoms with E-state index < -0.39 is 0 Å². The normalized spacial score (nSPS) is 19.3. The van der Waals surface area contributed by atoms with Crippen molar-refractivity contribution in [2.75, 3.05) is 11.9 Å². The third-order valence-electron chi connectivity index (χ3n) is 4.88. The van der Waals surface area contributed by atoms with Crippen LogP contribution in [0.25, 0.3) is 0 Å². The van der Waals surface area contributed by atoms with Gasteiger partial charge in [-0.2, -0.15) is 0 Å². The van der Waals surface area contributed by atoms with Gasteiger partial charge in [0.1, 0.15) is 0 Å². The van der Waals surface area contributed by atoms with Crippen molar-refractivity contribution in [2.45, 2.75) is 37.8 Å². The molecule has 1 amide bonds. The second-order valence-corrected chi connectivity index (χ2v) is 6.90. The molecule has 1 heterocycles. The molecule has 4 rings (SSSR count).